The van der Waals surface area contributed by atoms with E-state index in [2.05, 4.69) is 0 Å². The molecule has 102 valence electrons. The summed E-state index contributed by atoms with van der Waals surface area (Å²) in [5.41, 5.74) is 7.91. The Morgan fingerprint density at radius 2 is 2.11 bits per heavy atom. The van der Waals surface area contributed by atoms with Crippen LogP contribution in [-0.4, -0.2) is 28.5 Å². The Labute approximate surface area is 113 Å². The number of benzene rings is 1. The van der Waals surface area contributed by atoms with E-state index in [0.717, 1.165) is 16.5 Å². The summed E-state index contributed by atoms with van der Waals surface area (Å²) in [6.07, 6.45) is 1.95. The Morgan fingerprint density at radius 1 is 1.37 bits per heavy atom. The lowest BCUT2D eigenvalue weighted by Gasteiger charge is -2.22. The molecule has 2 rings (SSSR count). The Hall–Kier alpha value is -1.81. The summed E-state index contributed by atoms with van der Waals surface area (Å²) in [4.78, 5) is 13.9. The van der Waals surface area contributed by atoms with Crippen molar-refractivity contribution in [2.45, 2.75) is 33.0 Å². The average Bonchev–Trinajstić information content (AvgIpc) is 2.80. The number of nitrogens with zero attached hydrogens (tertiary/aromatic N) is 2. The lowest BCUT2D eigenvalue weighted by Crippen LogP contribution is -2.35. The van der Waals surface area contributed by atoms with Crippen LogP contribution in [0.25, 0.3) is 10.9 Å². The SMILES string of the molecule is CC(C)N(C)C(=O)Cn1ccc2cccc(CN)c21. The molecule has 0 unspecified atom stereocenters. The molecule has 19 heavy (non-hydrogen) atoms. The lowest BCUT2D eigenvalue weighted by atomic mass is 10.1. The van der Waals surface area contributed by atoms with E-state index in [4.69, 9.17) is 5.73 Å². The number of aromatic nitrogens is 1. The fourth-order valence-corrected chi connectivity index (χ4v) is 2.18. The molecule has 0 saturated heterocycles. The molecule has 1 amide bonds. The van der Waals surface area contributed by atoms with Crippen LogP contribution >= 0.6 is 0 Å². The molecule has 1 heterocycles. The topological polar surface area (TPSA) is 51.3 Å². The molecule has 4 nitrogen and oxygen atoms in total. The van der Waals surface area contributed by atoms with Gasteiger partial charge in [0.15, 0.2) is 0 Å². The van der Waals surface area contributed by atoms with Crippen molar-refractivity contribution in [3.05, 3.63) is 36.0 Å². The van der Waals surface area contributed by atoms with Crippen LogP contribution in [0.2, 0.25) is 0 Å². The van der Waals surface area contributed by atoms with Gasteiger partial charge in [-0.3, -0.25) is 4.79 Å². The van der Waals surface area contributed by atoms with Crippen LogP contribution in [0.4, 0.5) is 0 Å². The van der Waals surface area contributed by atoms with Gasteiger partial charge in [-0.1, -0.05) is 18.2 Å². The minimum atomic E-state index is 0.110. The minimum absolute atomic E-state index is 0.110. The number of hydrogen-bond acceptors (Lipinski definition) is 2. The maximum atomic E-state index is 12.2. The van der Waals surface area contributed by atoms with Crippen LogP contribution in [0.15, 0.2) is 30.5 Å². The van der Waals surface area contributed by atoms with Crippen LogP contribution in [0, 0.1) is 0 Å². The first kappa shape index (κ1) is 13.6. The molecule has 0 spiro atoms. The highest BCUT2D eigenvalue weighted by atomic mass is 16.2. The summed E-state index contributed by atoms with van der Waals surface area (Å²) < 4.78 is 1.98. The molecule has 1 aromatic heterocycles. The van der Waals surface area contributed by atoms with Crippen LogP contribution in [0.1, 0.15) is 19.4 Å². The standard InChI is InChI=1S/C15H21N3O/c1-11(2)17(3)14(19)10-18-8-7-12-5-4-6-13(9-16)15(12)18/h4-8,11H,9-10,16H2,1-3H3. The number of para-hydroxylation sites is 1. The second-order valence-electron chi connectivity index (χ2n) is 5.10. The maximum Gasteiger partial charge on any atom is 0.242 e. The summed E-state index contributed by atoms with van der Waals surface area (Å²) in [5, 5.41) is 1.13. The van der Waals surface area contributed by atoms with Gasteiger partial charge >= 0.3 is 0 Å². The zero-order valence-corrected chi connectivity index (χ0v) is 11.8. The third kappa shape index (κ3) is 2.63. The van der Waals surface area contributed by atoms with Gasteiger partial charge < -0.3 is 15.2 Å². The van der Waals surface area contributed by atoms with E-state index < -0.39 is 0 Å². The number of carbonyl (C=O) groups excluding carboxylic acids is 1. The number of carbonyl (C=O) groups is 1. The van der Waals surface area contributed by atoms with Crippen molar-refractivity contribution in [1.82, 2.24) is 9.47 Å². The van der Waals surface area contributed by atoms with Crippen LogP contribution in [0.3, 0.4) is 0 Å². The molecule has 0 saturated carbocycles. The van der Waals surface area contributed by atoms with Gasteiger partial charge in [-0.05, 0) is 30.9 Å². The first-order valence-corrected chi connectivity index (χ1v) is 6.57. The fraction of sp³-hybridized carbons (Fsp3) is 0.400. The molecule has 0 fully saturated rings. The van der Waals surface area contributed by atoms with E-state index in [1.165, 1.54) is 0 Å². The van der Waals surface area contributed by atoms with Gasteiger partial charge in [0.2, 0.25) is 5.91 Å². The third-order valence-corrected chi connectivity index (χ3v) is 3.57. The van der Waals surface area contributed by atoms with Crippen molar-refractivity contribution in [2.75, 3.05) is 7.05 Å². The normalized spacial score (nSPS) is 11.2. The van der Waals surface area contributed by atoms with Gasteiger partial charge in [0.25, 0.3) is 0 Å². The van der Waals surface area contributed by atoms with E-state index in [-0.39, 0.29) is 11.9 Å². The molecule has 2 N–H and O–H groups in total. The van der Waals surface area contributed by atoms with Crippen molar-refractivity contribution >= 4 is 16.8 Å². The van der Waals surface area contributed by atoms with Crippen molar-refractivity contribution in [2.24, 2.45) is 5.73 Å². The highest BCUT2D eigenvalue weighted by molar-refractivity contribution is 5.85. The van der Waals surface area contributed by atoms with Crippen LogP contribution in [0.5, 0.6) is 0 Å². The first-order valence-electron chi connectivity index (χ1n) is 6.57. The summed E-state index contributed by atoms with van der Waals surface area (Å²) in [5.74, 6) is 0.110. The fourth-order valence-electron chi connectivity index (χ4n) is 2.18. The minimum Gasteiger partial charge on any atom is -0.342 e. The van der Waals surface area contributed by atoms with Crippen molar-refractivity contribution < 1.29 is 4.79 Å². The van der Waals surface area contributed by atoms with Crippen LogP contribution in [-0.2, 0) is 17.9 Å². The van der Waals surface area contributed by atoms with Crippen molar-refractivity contribution in [1.29, 1.82) is 0 Å². The Balaban J connectivity index is 2.33. The molecular formula is C15H21N3O. The van der Waals surface area contributed by atoms with E-state index in [9.17, 15) is 4.79 Å². The third-order valence-electron chi connectivity index (χ3n) is 3.57. The second-order valence-corrected chi connectivity index (χ2v) is 5.10. The van der Waals surface area contributed by atoms with E-state index in [0.29, 0.717) is 13.1 Å². The van der Waals surface area contributed by atoms with E-state index in [1.54, 1.807) is 4.90 Å². The number of fused-ring (bicyclic) bond motifs is 1. The predicted octanol–water partition coefficient (Wildman–Crippen LogP) is 1.97. The van der Waals surface area contributed by atoms with Gasteiger partial charge in [-0.15, -0.1) is 0 Å². The molecule has 2 aromatic rings. The number of nitrogens with two attached hydrogens (primary N) is 1. The number of hydrogen-bond donors (Lipinski definition) is 1. The van der Waals surface area contributed by atoms with E-state index >= 15 is 0 Å². The number of likely N-dealkylation sites (N-methyl/N-ethyl adjacent to an activating group) is 1. The Kier molecular flexibility index (Phi) is 3.90. The zero-order valence-electron chi connectivity index (χ0n) is 11.8. The molecular weight excluding hydrogens is 238 g/mol. The highest BCUT2D eigenvalue weighted by Crippen LogP contribution is 2.20. The molecule has 0 aliphatic carbocycles. The maximum absolute atomic E-state index is 12.2. The predicted molar refractivity (Wildman–Crippen MR) is 77.7 cm³/mol. The molecule has 0 bridgehead atoms. The Bertz CT molecular complexity index is 586. The van der Waals surface area contributed by atoms with Gasteiger partial charge in [-0.2, -0.15) is 0 Å². The molecule has 0 atom stereocenters. The summed E-state index contributed by atoms with van der Waals surface area (Å²) in [6.45, 7) is 4.86. The smallest absolute Gasteiger partial charge is 0.242 e. The monoisotopic (exact) mass is 259 g/mol. The van der Waals surface area contributed by atoms with Gasteiger partial charge in [0.1, 0.15) is 6.54 Å². The summed E-state index contributed by atoms with van der Waals surface area (Å²) >= 11 is 0. The van der Waals surface area contributed by atoms with Crippen molar-refractivity contribution in [3.8, 4) is 0 Å². The molecule has 0 aliphatic rings. The lowest BCUT2D eigenvalue weighted by molar-refractivity contribution is -0.131. The van der Waals surface area contributed by atoms with Crippen molar-refractivity contribution in [3.63, 3.8) is 0 Å². The first-order chi connectivity index (χ1) is 9.04. The van der Waals surface area contributed by atoms with Gasteiger partial charge in [0.05, 0.1) is 5.52 Å². The Morgan fingerprint density at radius 3 is 2.74 bits per heavy atom. The molecule has 0 radical (unpaired) electrons. The average molecular weight is 259 g/mol. The highest BCUT2D eigenvalue weighted by Gasteiger charge is 2.14. The molecule has 1 aromatic carbocycles. The second kappa shape index (κ2) is 5.45. The quantitative estimate of drug-likeness (QED) is 0.912. The largest absolute Gasteiger partial charge is 0.342 e. The van der Waals surface area contributed by atoms with Crippen LogP contribution < -0.4 is 5.73 Å². The molecule has 4 heteroatoms. The van der Waals surface area contributed by atoms with E-state index in [1.807, 2.05) is 55.9 Å². The summed E-state index contributed by atoms with van der Waals surface area (Å²) in [6, 6.07) is 8.29. The molecule has 0 aliphatic heterocycles. The van der Waals surface area contributed by atoms with Gasteiger partial charge in [0, 0.05) is 25.8 Å². The number of amides is 1. The van der Waals surface area contributed by atoms with Gasteiger partial charge in [-0.25, -0.2) is 0 Å². The number of rotatable bonds is 4. The zero-order chi connectivity index (χ0) is 14.0. The summed E-state index contributed by atoms with van der Waals surface area (Å²) in [7, 11) is 1.84.